The predicted octanol–water partition coefficient (Wildman–Crippen LogP) is 1.07. The minimum absolute atomic E-state index is 0.285. The monoisotopic (exact) mass is 286 g/mol. The van der Waals surface area contributed by atoms with E-state index in [1.807, 2.05) is 4.72 Å². The third kappa shape index (κ3) is 3.65. The highest BCUT2D eigenvalue weighted by Gasteiger charge is 2.22. The van der Waals surface area contributed by atoms with Crippen LogP contribution in [0.1, 0.15) is 5.56 Å². The number of benzene rings is 1. The van der Waals surface area contributed by atoms with Gasteiger partial charge in [-0.25, -0.2) is 8.42 Å². The van der Waals surface area contributed by atoms with Gasteiger partial charge in [0.25, 0.3) is 0 Å². The van der Waals surface area contributed by atoms with E-state index in [4.69, 9.17) is 11.7 Å². The van der Waals surface area contributed by atoms with Crippen molar-refractivity contribution >= 4 is 10.0 Å². The van der Waals surface area contributed by atoms with E-state index in [9.17, 15) is 17.2 Å². The van der Waals surface area contributed by atoms with E-state index in [2.05, 4.69) is 10.7 Å². The lowest BCUT2D eigenvalue weighted by Gasteiger charge is -2.10. The molecule has 0 fully saturated rings. The maximum Gasteiger partial charge on any atom is 0.387 e. The van der Waals surface area contributed by atoms with Crippen LogP contribution in [0.3, 0.4) is 0 Å². The summed E-state index contributed by atoms with van der Waals surface area (Å²) < 4.78 is 54.0. The third-order valence-corrected chi connectivity index (χ3v) is 3.41. The summed E-state index contributed by atoms with van der Waals surface area (Å²) in [5.41, 5.74) is -0.507. The molecule has 5 nitrogen and oxygen atoms in total. The van der Waals surface area contributed by atoms with Crippen molar-refractivity contribution in [3.05, 3.63) is 23.8 Å². The van der Waals surface area contributed by atoms with Crippen molar-refractivity contribution in [1.82, 2.24) is 4.72 Å². The molecule has 100 valence electrons. The molecule has 0 amide bonds. The van der Waals surface area contributed by atoms with Gasteiger partial charge in [-0.3, -0.25) is 0 Å². The van der Waals surface area contributed by atoms with Crippen molar-refractivity contribution in [2.45, 2.75) is 11.5 Å². The van der Waals surface area contributed by atoms with Crippen LogP contribution in [0.2, 0.25) is 0 Å². The highest BCUT2D eigenvalue weighted by atomic mass is 32.2. The summed E-state index contributed by atoms with van der Waals surface area (Å²) in [6.07, 6.45) is 4.91. The van der Waals surface area contributed by atoms with Gasteiger partial charge < -0.3 is 4.74 Å². The van der Waals surface area contributed by atoms with Gasteiger partial charge in [-0.2, -0.15) is 18.8 Å². The molecule has 0 aliphatic heterocycles. The van der Waals surface area contributed by atoms with Crippen LogP contribution in [-0.2, 0) is 10.0 Å². The second-order valence-electron chi connectivity index (χ2n) is 3.15. The molecular formula is C11H8F2N2O3S. The van der Waals surface area contributed by atoms with Crippen LogP contribution < -0.4 is 9.46 Å². The molecule has 0 heterocycles. The second kappa shape index (κ2) is 6.14. The van der Waals surface area contributed by atoms with Crippen molar-refractivity contribution in [2.24, 2.45) is 0 Å². The molecule has 8 heteroatoms. The molecule has 1 rings (SSSR count). The average Bonchev–Trinajstić information content (AvgIpc) is 2.35. The van der Waals surface area contributed by atoms with Gasteiger partial charge in [-0.1, -0.05) is 12.0 Å². The minimum Gasteiger partial charge on any atom is -0.433 e. The lowest BCUT2D eigenvalue weighted by Crippen LogP contribution is -2.25. The van der Waals surface area contributed by atoms with E-state index in [1.165, 1.54) is 12.1 Å². The Morgan fingerprint density at radius 2 is 2.16 bits per heavy atom. The van der Waals surface area contributed by atoms with Gasteiger partial charge in [0.05, 0.1) is 6.54 Å². The maximum atomic E-state index is 12.1. The Labute approximate surface area is 108 Å². The fourth-order valence-corrected chi connectivity index (χ4v) is 2.36. The molecule has 0 aliphatic rings. The third-order valence-electron chi connectivity index (χ3n) is 1.97. The van der Waals surface area contributed by atoms with Crippen molar-refractivity contribution in [2.75, 3.05) is 6.54 Å². The number of nitrogens with zero attached hydrogens (tertiary/aromatic N) is 1. The number of nitriles is 1. The Bertz CT molecular complexity index is 645. The van der Waals surface area contributed by atoms with Gasteiger partial charge in [-0.05, 0) is 12.1 Å². The molecule has 0 radical (unpaired) electrons. The largest absolute Gasteiger partial charge is 0.433 e. The molecule has 0 unspecified atom stereocenters. The molecule has 1 aromatic rings. The topological polar surface area (TPSA) is 79.2 Å². The van der Waals surface area contributed by atoms with E-state index in [-0.39, 0.29) is 6.54 Å². The van der Waals surface area contributed by atoms with Gasteiger partial charge in [-0.15, -0.1) is 6.42 Å². The molecule has 0 aromatic heterocycles. The number of halogens is 2. The van der Waals surface area contributed by atoms with E-state index in [0.717, 1.165) is 12.1 Å². The first-order valence-electron chi connectivity index (χ1n) is 4.83. The summed E-state index contributed by atoms with van der Waals surface area (Å²) in [4.78, 5) is -0.469. The normalized spacial score (nSPS) is 10.8. The highest BCUT2D eigenvalue weighted by molar-refractivity contribution is 7.89. The smallest absolute Gasteiger partial charge is 0.387 e. The number of hydrogen-bond acceptors (Lipinski definition) is 4. The van der Waals surface area contributed by atoms with Gasteiger partial charge in [0.15, 0.2) is 0 Å². The van der Waals surface area contributed by atoms with Gasteiger partial charge >= 0.3 is 6.61 Å². The highest BCUT2D eigenvalue weighted by Crippen LogP contribution is 2.26. The Morgan fingerprint density at radius 3 is 2.68 bits per heavy atom. The number of rotatable bonds is 5. The maximum absolute atomic E-state index is 12.1. The number of alkyl halides is 2. The van der Waals surface area contributed by atoms with E-state index >= 15 is 0 Å². The average molecular weight is 286 g/mol. The molecule has 0 bridgehead atoms. The fourth-order valence-electron chi connectivity index (χ4n) is 1.25. The molecule has 0 aliphatic carbocycles. The molecule has 19 heavy (non-hydrogen) atoms. The van der Waals surface area contributed by atoms with E-state index < -0.39 is 32.8 Å². The summed E-state index contributed by atoms with van der Waals surface area (Å²) in [7, 11) is -4.06. The van der Waals surface area contributed by atoms with Crippen LogP contribution >= 0.6 is 0 Å². The molecule has 1 N–H and O–H groups in total. The summed E-state index contributed by atoms with van der Waals surface area (Å²) in [6.45, 7) is -3.45. The molecule has 0 saturated heterocycles. The first kappa shape index (κ1) is 14.9. The van der Waals surface area contributed by atoms with Crippen LogP contribution in [0.4, 0.5) is 8.78 Å². The summed E-state index contributed by atoms with van der Waals surface area (Å²) in [5.74, 6) is 1.54. The number of ether oxygens (including phenoxy) is 1. The molecule has 0 spiro atoms. The minimum atomic E-state index is -4.06. The van der Waals surface area contributed by atoms with Gasteiger partial charge in [0.2, 0.25) is 10.0 Å². The van der Waals surface area contributed by atoms with E-state index in [1.54, 1.807) is 0 Å². The lowest BCUT2D eigenvalue weighted by molar-refractivity contribution is -0.0502. The van der Waals surface area contributed by atoms with Crippen LogP contribution in [0.15, 0.2) is 23.1 Å². The van der Waals surface area contributed by atoms with Gasteiger partial charge in [0, 0.05) is 0 Å². The van der Waals surface area contributed by atoms with Crippen LogP contribution in [0, 0.1) is 23.7 Å². The molecule has 1 aromatic carbocycles. The predicted molar refractivity (Wildman–Crippen MR) is 61.8 cm³/mol. The summed E-state index contributed by atoms with van der Waals surface area (Å²) >= 11 is 0. The van der Waals surface area contributed by atoms with Crippen molar-refractivity contribution in [3.8, 4) is 24.2 Å². The number of sulfonamides is 1. The zero-order valence-corrected chi connectivity index (χ0v) is 10.2. The number of nitrogens with one attached hydrogen (secondary N) is 1. The Balaban J connectivity index is 3.30. The fraction of sp³-hybridized carbons (Fsp3) is 0.182. The lowest BCUT2D eigenvalue weighted by atomic mass is 10.2. The van der Waals surface area contributed by atoms with E-state index in [0.29, 0.717) is 0 Å². The quantitative estimate of drug-likeness (QED) is 0.821. The zero-order valence-electron chi connectivity index (χ0n) is 9.43. The van der Waals surface area contributed by atoms with Crippen molar-refractivity contribution in [3.63, 3.8) is 0 Å². The SMILES string of the molecule is C#CCNS(=O)(=O)c1cccc(OC(F)F)c1C#N. The second-order valence-corrected chi connectivity index (χ2v) is 4.88. The molecular weight excluding hydrogens is 278 g/mol. The number of hydrogen-bond donors (Lipinski definition) is 1. The Kier molecular flexibility index (Phi) is 4.81. The van der Waals surface area contributed by atoms with Gasteiger partial charge in [0.1, 0.15) is 22.3 Å². The first-order chi connectivity index (χ1) is 8.92. The van der Waals surface area contributed by atoms with Crippen LogP contribution in [0.25, 0.3) is 0 Å². The molecule has 0 atom stereocenters. The Hall–Kier alpha value is -2.16. The van der Waals surface area contributed by atoms with Crippen LogP contribution in [0.5, 0.6) is 5.75 Å². The van der Waals surface area contributed by atoms with Crippen molar-refractivity contribution < 1.29 is 21.9 Å². The molecule has 0 saturated carbocycles. The Morgan fingerprint density at radius 1 is 1.47 bits per heavy atom. The van der Waals surface area contributed by atoms with Crippen LogP contribution in [-0.4, -0.2) is 21.6 Å². The standard InChI is InChI=1S/C11H8F2N2O3S/c1-2-6-15-19(16,17)10-5-3-4-9(8(10)7-14)18-11(12)13/h1,3-5,11,15H,6H2. The summed E-state index contributed by atoms with van der Waals surface area (Å²) in [5, 5.41) is 8.89. The van der Waals surface area contributed by atoms with Crippen molar-refractivity contribution in [1.29, 1.82) is 5.26 Å². The summed E-state index contributed by atoms with van der Waals surface area (Å²) in [6, 6.07) is 4.87. The first-order valence-corrected chi connectivity index (χ1v) is 6.31. The number of terminal acetylenes is 1. The zero-order chi connectivity index (χ0) is 14.5.